The fourth-order valence-electron chi connectivity index (χ4n) is 4.53. The molecule has 1 aromatic heterocycles. The Morgan fingerprint density at radius 3 is 2.66 bits per heavy atom. The number of fused-ring (bicyclic) bond motifs is 1. The number of aromatic amines is 1. The second kappa shape index (κ2) is 11.1. The standard InChI is InChI=1S/C27H33N7O/c1-31(2)11-12-32(3)27(35)34-17-23-13-22(15-28)9-10-26(23)33(18-24-16-29-20-30-24)19-25(34)14-21-7-5-4-6-8-21/h4-10,13,16,20,25H,11-12,14,17-19H2,1-3H3,(H,29,30). The molecule has 4 rings (SSSR count). The van der Waals surface area contributed by atoms with Crippen LogP contribution in [0.25, 0.3) is 0 Å². The van der Waals surface area contributed by atoms with Crippen LogP contribution < -0.4 is 4.90 Å². The van der Waals surface area contributed by atoms with Gasteiger partial charge in [-0.25, -0.2) is 9.78 Å². The van der Waals surface area contributed by atoms with Crippen LogP contribution in [0.15, 0.2) is 61.1 Å². The lowest BCUT2D eigenvalue weighted by atomic mass is 10.0. The highest BCUT2D eigenvalue weighted by Gasteiger charge is 2.33. The average Bonchev–Trinajstić information content (AvgIpc) is 3.33. The second-order valence-electron chi connectivity index (χ2n) is 9.39. The summed E-state index contributed by atoms with van der Waals surface area (Å²) in [5, 5.41) is 9.54. The predicted molar refractivity (Wildman–Crippen MR) is 137 cm³/mol. The van der Waals surface area contributed by atoms with Gasteiger partial charge < -0.3 is 24.6 Å². The third kappa shape index (κ3) is 6.00. The minimum absolute atomic E-state index is 0.00415. The topological polar surface area (TPSA) is 82.5 Å². The first kappa shape index (κ1) is 24.3. The summed E-state index contributed by atoms with van der Waals surface area (Å²) in [5.74, 6) is 0. The molecule has 182 valence electrons. The van der Waals surface area contributed by atoms with E-state index in [0.717, 1.165) is 29.9 Å². The van der Waals surface area contributed by atoms with Crippen molar-refractivity contribution in [3.8, 4) is 6.07 Å². The molecule has 8 nitrogen and oxygen atoms in total. The van der Waals surface area contributed by atoms with Crippen LogP contribution >= 0.6 is 0 Å². The van der Waals surface area contributed by atoms with Crippen molar-refractivity contribution < 1.29 is 4.79 Å². The quantitative estimate of drug-likeness (QED) is 0.572. The maximum absolute atomic E-state index is 13.8. The van der Waals surface area contributed by atoms with Crippen molar-refractivity contribution in [1.29, 1.82) is 5.26 Å². The third-order valence-electron chi connectivity index (χ3n) is 6.45. The molecule has 0 spiro atoms. The molecule has 0 saturated heterocycles. The van der Waals surface area contributed by atoms with Crippen LogP contribution in [-0.4, -0.2) is 77.5 Å². The summed E-state index contributed by atoms with van der Waals surface area (Å²) in [4.78, 5) is 29.3. The number of carbonyl (C=O) groups excluding carboxylic acids is 1. The number of likely N-dealkylation sites (N-methyl/N-ethyl adjacent to an activating group) is 2. The number of imidazole rings is 1. The number of hydrogen-bond acceptors (Lipinski definition) is 5. The van der Waals surface area contributed by atoms with Gasteiger partial charge in [0, 0.05) is 45.1 Å². The number of H-pyrrole nitrogens is 1. The summed E-state index contributed by atoms with van der Waals surface area (Å²) in [5.41, 5.74) is 4.81. The highest BCUT2D eigenvalue weighted by molar-refractivity contribution is 5.75. The molecular weight excluding hydrogens is 438 g/mol. The molecule has 2 amide bonds. The number of amides is 2. The number of nitrogens with zero attached hydrogens (tertiary/aromatic N) is 6. The first-order valence-corrected chi connectivity index (χ1v) is 11.9. The predicted octanol–water partition coefficient (Wildman–Crippen LogP) is 3.33. The molecule has 1 unspecified atom stereocenters. The summed E-state index contributed by atoms with van der Waals surface area (Å²) < 4.78 is 0. The van der Waals surface area contributed by atoms with Gasteiger partial charge in [0.05, 0.1) is 36.2 Å². The molecular formula is C27H33N7O. The monoisotopic (exact) mass is 471 g/mol. The van der Waals surface area contributed by atoms with Gasteiger partial charge in [-0.05, 0) is 49.8 Å². The average molecular weight is 472 g/mol. The van der Waals surface area contributed by atoms with Gasteiger partial charge in [-0.3, -0.25) is 0 Å². The van der Waals surface area contributed by atoms with Crippen LogP contribution in [0.4, 0.5) is 10.5 Å². The Morgan fingerprint density at radius 2 is 1.97 bits per heavy atom. The number of aromatic nitrogens is 2. The normalized spacial score (nSPS) is 15.5. The van der Waals surface area contributed by atoms with Gasteiger partial charge in [-0.1, -0.05) is 30.3 Å². The van der Waals surface area contributed by atoms with Gasteiger partial charge in [-0.2, -0.15) is 5.26 Å². The molecule has 0 fully saturated rings. The SMILES string of the molecule is CN(C)CCN(C)C(=O)N1Cc2cc(C#N)ccc2N(Cc2cnc[nH]2)CC1Cc1ccccc1. The molecule has 0 bridgehead atoms. The first-order chi connectivity index (χ1) is 16.9. The van der Waals surface area contributed by atoms with E-state index in [1.165, 1.54) is 5.56 Å². The van der Waals surface area contributed by atoms with Crippen molar-refractivity contribution in [3.63, 3.8) is 0 Å². The third-order valence-corrected chi connectivity index (χ3v) is 6.45. The van der Waals surface area contributed by atoms with Crippen molar-refractivity contribution in [2.75, 3.05) is 45.7 Å². The zero-order chi connectivity index (χ0) is 24.8. The van der Waals surface area contributed by atoms with Gasteiger partial charge in [0.25, 0.3) is 0 Å². The number of benzene rings is 2. The Labute approximate surface area is 207 Å². The van der Waals surface area contributed by atoms with Gasteiger partial charge in [0.2, 0.25) is 0 Å². The number of carbonyl (C=O) groups is 1. The van der Waals surface area contributed by atoms with E-state index >= 15 is 0 Å². The maximum Gasteiger partial charge on any atom is 0.320 e. The minimum atomic E-state index is -0.0486. The number of nitriles is 1. The highest BCUT2D eigenvalue weighted by Crippen LogP contribution is 2.31. The van der Waals surface area contributed by atoms with E-state index in [2.05, 4.69) is 38.0 Å². The van der Waals surface area contributed by atoms with Crippen LogP contribution in [0, 0.1) is 11.3 Å². The van der Waals surface area contributed by atoms with E-state index < -0.39 is 0 Å². The van der Waals surface area contributed by atoms with Gasteiger partial charge in [0.1, 0.15) is 0 Å². The Bertz CT molecular complexity index is 1150. The molecule has 1 N–H and O–H groups in total. The summed E-state index contributed by atoms with van der Waals surface area (Å²) in [6, 6.07) is 18.3. The van der Waals surface area contributed by atoms with Crippen molar-refractivity contribution in [2.45, 2.75) is 25.6 Å². The number of rotatable bonds is 7. The minimum Gasteiger partial charge on any atom is -0.363 e. The largest absolute Gasteiger partial charge is 0.363 e. The fourth-order valence-corrected chi connectivity index (χ4v) is 4.53. The van der Waals surface area contributed by atoms with Crippen molar-refractivity contribution >= 4 is 11.7 Å². The van der Waals surface area contributed by atoms with E-state index in [4.69, 9.17) is 0 Å². The lowest BCUT2D eigenvalue weighted by Gasteiger charge is -2.35. The zero-order valence-corrected chi connectivity index (χ0v) is 20.7. The molecule has 0 radical (unpaired) electrons. The zero-order valence-electron chi connectivity index (χ0n) is 20.7. The number of urea groups is 1. The Morgan fingerprint density at radius 1 is 1.17 bits per heavy atom. The highest BCUT2D eigenvalue weighted by atomic mass is 16.2. The molecule has 0 aliphatic carbocycles. The molecule has 2 aromatic carbocycles. The van der Waals surface area contributed by atoms with E-state index in [-0.39, 0.29) is 12.1 Å². The summed E-state index contributed by atoms with van der Waals surface area (Å²) in [7, 11) is 5.89. The second-order valence-corrected chi connectivity index (χ2v) is 9.39. The van der Waals surface area contributed by atoms with Gasteiger partial charge >= 0.3 is 6.03 Å². The van der Waals surface area contributed by atoms with E-state index in [0.29, 0.717) is 31.7 Å². The molecule has 1 atom stereocenters. The fraction of sp³-hybridized carbons (Fsp3) is 0.370. The van der Waals surface area contributed by atoms with Crippen LogP contribution in [-0.2, 0) is 19.5 Å². The molecule has 2 heterocycles. The Kier molecular flexibility index (Phi) is 7.68. The Balaban J connectivity index is 1.71. The van der Waals surface area contributed by atoms with Crippen molar-refractivity contribution in [2.24, 2.45) is 0 Å². The number of anilines is 1. The van der Waals surface area contributed by atoms with E-state index in [1.54, 1.807) is 11.2 Å². The van der Waals surface area contributed by atoms with Crippen molar-refractivity contribution in [1.82, 2.24) is 24.7 Å². The molecule has 8 heteroatoms. The Hall–Kier alpha value is -3.83. The number of hydrogen-bond donors (Lipinski definition) is 1. The van der Waals surface area contributed by atoms with Crippen LogP contribution in [0.1, 0.15) is 22.4 Å². The van der Waals surface area contributed by atoms with Gasteiger partial charge in [0.15, 0.2) is 0 Å². The van der Waals surface area contributed by atoms with E-state index in [1.807, 2.05) is 68.6 Å². The first-order valence-electron chi connectivity index (χ1n) is 11.9. The van der Waals surface area contributed by atoms with Crippen LogP contribution in [0.2, 0.25) is 0 Å². The summed E-state index contributed by atoms with van der Waals surface area (Å²) in [6.45, 7) is 3.19. The van der Waals surface area contributed by atoms with Crippen LogP contribution in [0.3, 0.4) is 0 Å². The molecule has 3 aromatic rings. The van der Waals surface area contributed by atoms with Gasteiger partial charge in [-0.15, -0.1) is 0 Å². The number of nitrogens with one attached hydrogen (secondary N) is 1. The molecule has 0 saturated carbocycles. The smallest absolute Gasteiger partial charge is 0.320 e. The summed E-state index contributed by atoms with van der Waals surface area (Å²) in [6.07, 6.45) is 4.26. The van der Waals surface area contributed by atoms with Crippen LogP contribution in [0.5, 0.6) is 0 Å². The van der Waals surface area contributed by atoms with Crippen molar-refractivity contribution in [3.05, 3.63) is 83.4 Å². The van der Waals surface area contributed by atoms with E-state index in [9.17, 15) is 10.1 Å². The lowest BCUT2D eigenvalue weighted by Crippen LogP contribution is -2.51. The molecule has 1 aliphatic rings. The molecule has 35 heavy (non-hydrogen) atoms. The summed E-state index contributed by atoms with van der Waals surface area (Å²) >= 11 is 0. The molecule has 1 aliphatic heterocycles. The lowest BCUT2D eigenvalue weighted by molar-refractivity contribution is 0.137. The maximum atomic E-state index is 13.8.